The van der Waals surface area contributed by atoms with Gasteiger partial charge in [0.05, 0.1) is 5.41 Å². The average Bonchev–Trinajstić information content (AvgIpc) is 2.73. The number of aryl methyl sites for hydroxylation is 1. The molecule has 1 aliphatic carbocycles. The van der Waals surface area contributed by atoms with Crippen molar-refractivity contribution in [2.24, 2.45) is 0 Å². The molecule has 1 saturated carbocycles. The second-order valence-electron chi connectivity index (χ2n) is 4.74. The number of phenols is 1. The number of halogens is 1. The quantitative estimate of drug-likeness (QED) is 0.832. The Morgan fingerprint density at radius 3 is 2.47 bits per heavy atom. The summed E-state index contributed by atoms with van der Waals surface area (Å²) in [6, 6.07) is 2.85. The second-order valence-corrected chi connectivity index (χ2v) is 4.74. The zero-order chi connectivity index (χ0) is 12.6. The normalized spacial score (nSPS) is 18.2. The summed E-state index contributed by atoms with van der Waals surface area (Å²) in [5.41, 5.74) is -0.362. The van der Waals surface area contributed by atoms with Gasteiger partial charge >= 0.3 is 5.97 Å². The number of hydrogen-bond donors (Lipinski definition) is 2. The van der Waals surface area contributed by atoms with E-state index in [0.29, 0.717) is 18.4 Å². The van der Waals surface area contributed by atoms with Gasteiger partial charge in [-0.1, -0.05) is 18.9 Å². The first kappa shape index (κ1) is 11.9. The highest BCUT2D eigenvalue weighted by Crippen LogP contribution is 2.44. The van der Waals surface area contributed by atoms with Crippen molar-refractivity contribution >= 4 is 5.97 Å². The van der Waals surface area contributed by atoms with E-state index in [0.717, 1.165) is 12.8 Å². The third kappa shape index (κ3) is 1.77. The average molecular weight is 238 g/mol. The number of carbonyl (C=O) groups is 1. The van der Waals surface area contributed by atoms with E-state index < -0.39 is 23.0 Å². The van der Waals surface area contributed by atoms with Gasteiger partial charge in [-0.05, 0) is 31.4 Å². The number of rotatable bonds is 2. The van der Waals surface area contributed by atoms with Crippen molar-refractivity contribution in [1.82, 2.24) is 0 Å². The van der Waals surface area contributed by atoms with Crippen molar-refractivity contribution in [1.29, 1.82) is 0 Å². The van der Waals surface area contributed by atoms with Crippen LogP contribution in [-0.2, 0) is 10.2 Å². The number of phenolic OH excluding ortho intramolecular Hbond substituents is 1. The summed E-state index contributed by atoms with van der Waals surface area (Å²) >= 11 is 0. The summed E-state index contributed by atoms with van der Waals surface area (Å²) in [7, 11) is 0. The number of aromatic hydroxyl groups is 1. The van der Waals surface area contributed by atoms with Crippen LogP contribution in [0.1, 0.15) is 36.8 Å². The van der Waals surface area contributed by atoms with Crippen molar-refractivity contribution in [2.75, 3.05) is 0 Å². The fraction of sp³-hybridized carbons (Fsp3) is 0.462. The van der Waals surface area contributed by atoms with Crippen molar-refractivity contribution in [3.63, 3.8) is 0 Å². The van der Waals surface area contributed by atoms with Crippen LogP contribution in [-0.4, -0.2) is 16.2 Å². The van der Waals surface area contributed by atoms with Gasteiger partial charge in [0, 0.05) is 5.56 Å². The van der Waals surface area contributed by atoms with Crippen molar-refractivity contribution < 1.29 is 19.4 Å². The van der Waals surface area contributed by atoms with Crippen LogP contribution in [0.25, 0.3) is 0 Å². The molecule has 0 aliphatic heterocycles. The summed E-state index contributed by atoms with van der Waals surface area (Å²) in [5.74, 6) is -2.26. The molecule has 0 aromatic heterocycles. The Labute approximate surface area is 98.9 Å². The first-order valence-electron chi connectivity index (χ1n) is 5.70. The lowest BCUT2D eigenvalue weighted by Crippen LogP contribution is -2.33. The molecule has 0 bridgehead atoms. The van der Waals surface area contributed by atoms with Gasteiger partial charge in [0.25, 0.3) is 0 Å². The number of benzene rings is 1. The Kier molecular flexibility index (Phi) is 2.81. The minimum absolute atomic E-state index is 0.125. The van der Waals surface area contributed by atoms with Crippen LogP contribution in [0.4, 0.5) is 4.39 Å². The van der Waals surface area contributed by atoms with Gasteiger partial charge in [0.1, 0.15) is 0 Å². The van der Waals surface area contributed by atoms with Crippen molar-refractivity contribution in [2.45, 2.75) is 38.0 Å². The van der Waals surface area contributed by atoms with Gasteiger partial charge in [-0.2, -0.15) is 0 Å². The molecule has 0 unspecified atom stereocenters. The smallest absolute Gasteiger partial charge is 0.314 e. The van der Waals surface area contributed by atoms with Gasteiger partial charge in [0.2, 0.25) is 0 Å². The first-order valence-corrected chi connectivity index (χ1v) is 5.70. The van der Waals surface area contributed by atoms with E-state index in [1.807, 2.05) is 0 Å². The highest BCUT2D eigenvalue weighted by atomic mass is 19.1. The summed E-state index contributed by atoms with van der Waals surface area (Å²) in [4.78, 5) is 11.5. The minimum Gasteiger partial charge on any atom is -0.505 e. The molecule has 1 aromatic rings. The third-order valence-corrected chi connectivity index (χ3v) is 3.58. The maximum Gasteiger partial charge on any atom is 0.314 e. The Balaban J connectivity index is 2.62. The molecule has 92 valence electrons. The van der Waals surface area contributed by atoms with E-state index in [-0.39, 0.29) is 5.56 Å². The van der Waals surface area contributed by atoms with Gasteiger partial charge in [-0.3, -0.25) is 4.79 Å². The second kappa shape index (κ2) is 4.02. The minimum atomic E-state index is -1.16. The van der Waals surface area contributed by atoms with Crippen LogP contribution in [0.2, 0.25) is 0 Å². The van der Waals surface area contributed by atoms with Crippen LogP contribution in [0, 0.1) is 12.7 Å². The molecule has 0 amide bonds. The third-order valence-electron chi connectivity index (χ3n) is 3.58. The van der Waals surface area contributed by atoms with E-state index in [1.165, 1.54) is 12.1 Å². The Hall–Kier alpha value is -1.58. The van der Waals surface area contributed by atoms with E-state index in [4.69, 9.17) is 0 Å². The molecule has 1 fully saturated rings. The van der Waals surface area contributed by atoms with Crippen LogP contribution in [0.3, 0.4) is 0 Å². The maximum absolute atomic E-state index is 13.9. The molecule has 0 saturated heterocycles. The molecule has 0 spiro atoms. The van der Waals surface area contributed by atoms with Crippen LogP contribution >= 0.6 is 0 Å². The molecule has 17 heavy (non-hydrogen) atoms. The summed E-state index contributed by atoms with van der Waals surface area (Å²) in [6.07, 6.45) is 2.42. The number of carboxylic acid groups (broad SMARTS) is 1. The first-order chi connectivity index (χ1) is 7.97. The molecular weight excluding hydrogens is 223 g/mol. The van der Waals surface area contributed by atoms with Crippen LogP contribution < -0.4 is 0 Å². The van der Waals surface area contributed by atoms with Crippen LogP contribution in [0.5, 0.6) is 5.75 Å². The summed E-state index contributed by atoms with van der Waals surface area (Å²) < 4.78 is 13.9. The Morgan fingerprint density at radius 2 is 1.94 bits per heavy atom. The van der Waals surface area contributed by atoms with E-state index in [2.05, 4.69) is 0 Å². The van der Waals surface area contributed by atoms with Gasteiger partial charge < -0.3 is 10.2 Å². The molecule has 1 aliphatic rings. The van der Waals surface area contributed by atoms with E-state index >= 15 is 0 Å². The molecule has 0 atom stereocenters. The van der Waals surface area contributed by atoms with Gasteiger partial charge in [0.15, 0.2) is 11.6 Å². The molecule has 0 heterocycles. The van der Waals surface area contributed by atoms with Crippen molar-refractivity contribution in [3.05, 3.63) is 29.1 Å². The molecule has 0 radical (unpaired) electrons. The molecule has 3 nitrogen and oxygen atoms in total. The Bertz CT molecular complexity index is 462. The highest BCUT2D eigenvalue weighted by molar-refractivity contribution is 5.82. The zero-order valence-electron chi connectivity index (χ0n) is 9.66. The zero-order valence-corrected chi connectivity index (χ0v) is 9.66. The van der Waals surface area contributed by atoms with Crippen molar-refractivity contribution in [3.8, 4) is 5.75 Å². The van der Waals surface area contributed by atoms with E-state index in [9.17, 15) is 19.4 Å². The molecule has 2 N–H and O–H groups in total. The van der Waals surface area contributed by atoms with Crippen LogP contribution in [0.15, 0.2) is 12.1 Å². The SMILES string of the molecule is Cc1cc(O)c(F)c(C2(C(=O)O)CCCC2)c1. The predicted molar refractivity (Wildman–Crippen MR) is 60.6 cm³/mol. The highest BCUT2D eigenvalue weighted by Gasteiger charge is 2.45. The lowest BCUT2D eigenvalue weighted by molar-refractivity contribution is -0.143. The summed E-state index contributed by atoms with van der Waals surface area (Å²) in [5, 5.41) is 18.8. The Morgan fingerprint density at radius 1 is 1.35 bits per heavy atom. The number of carboxylic acids is 1. The monoisotopic (exact) mass is 238 g/mol. The topological polar surface area (TPSA) is 57.5 Å². The fourth-order valence-electron chi connectivity index (χ4n) is 2.67. The fourth-order valence-corrected chi connectivity index (χ4v) is 2.67. The lowest BCUT2D eigenvalue weighted by atomic mass is 9.78. The maximum atomic E-state index is 13.9. The predicted octanol–water partition coefficient (Wildman–Crippen LogP) is 2.74. The van der Waals surface area contributed by atoms with Gasteiger partial charge in [-0.25, -0.2) is 4.39 Å². The molecular formula is C13H15FO3. The molecule has 4 heteroatoms. The molecule has 1 aromatic carbocycles. The lowest BCUT2D eigenvalue weighted by Gasteiger charge is -2.25. The number of aliphatic carboxylic acids is 1. The standard InChI is InChI=1S/C13H15FO3/c1-8-6-9(11(14)10(15)7-8)13(12(16)17)4-2-3-5-13/h6-7,15H,2-5H2,1H3,(H,16,17). The van der Waals surface area contributed by atoms with E-state index in [1.54, 1.807) is 6.92 Å². The van der Waals surface area contributed by atoms with Gasteiger partial charge in [-0.15, -0.1) is 0 Å². The number of hydrogen-bond acceptors (Lipinski definition) is 2. The summed E-state index contributed by atoms with van der Waals surface area (Å²) in [6.45, 7) is 1.72. The molecule has 2 rings (SSSR count). The largest absolute Gasteiger partial charge is 0.505 e.